The molecule has 19 heavy (non-hydrogen) atoms. The van der Waals surface area contributed by atoms with E-state index in [4.69, 9.17) is 10.5 Å². The lowest BCUT2D eigenvalue weighted by molar-refractivity contribution is -0.137. The zero-order valence-electron chi connectivity index (χ0n) is 11.0. The van der Waals surface area contributed by atoms with Gasteiger partial charge in [0.1, 0.15) is 5.82 Å². The average Bonchev–Trinajstić information content (AvgIpc) is 2.32. The van der Waals surface area contributed by atoms with Gasteiger partial charge < -0.3 is 10.5 Å². The third kappa shape index (κ3) is 5.81. The third-order valence-electron chi connectivity index (χ3n) is 2.65. The van der Waals surface area contributed by atoms with Crippen molar-refractivity contribution in [2.45, 2.75) is 45.2 Å². The number of rotatable bonds is 7. The van der Waals surface area contributed by atoms with E-state index < -0.39 is 11.7 Å². The molecule has 108 valence electrons. The Morgan fingerprint density at radius 1 is 1.16 bits per heavy atom. The normalized spacial score (nSPS) is 11.6. The third-order valence-corrected chi connectivity index (χ3v) is 2.65. The molecular weight excluding hydrogens is 257 g/mol. The molecule has 3 nitrogen and oxygen atoms in total. The number of halogens is 3. The predicted octanol–water partition coefficient (Wildman–Crippen LogP) is 4.03. The minimum atomic E-state index is -4.43. The van der Waals surface area contributed by atoms with Crippen molar-refractivity contribution in [1.82, 2.24) is 4.98 Å². The summed E-state index contributed by atoms with van der Waals surface area (Å²) in [5.41, 5.74) is 4.50. The van der Waals surface area contributed by atoms with Crippen LogP contribution in [-0.2, 0) is 6.18 Å². The summed E-state index contributed by atoms with van der Waals surface area (Å²) in [5, 5.41) is 0. The first-order chi connectivity index (χ1) is 8.93. The second-order valence-electron chi connectivity index (χ2n) is 4.38. The van der Waals surface area contributed by atoms with Crippen LogP contribution < -0.4 is 10.5 Å². The minimum absolute atomic E-state index is 0.0668. The van der Waals surface area contributed by atoms with E-state index in [1.807, 2.05) is 0 Å². The zero-order valence-corrected chi connectivity index (χ0v) is 11.0. The van der Waals surface area contributed by atoms with Crippen LogP contribution in [0.3, 0.4) is 0 Å². The van der Waals surface area contributed by atoms with Crippen molar-refractivity contribution in [3.63, 3.8) is 0 Å². The van der Waals surface area contributed by atoms with Crippen LogP contribution in [0.4, 0.5) is 19.0 Å². The molecule has 0 atom stereocenters. The lowest BCUT2D eigenvalue weighted by Gasteiger charge is -2.10. The summed E-state index contributed by atoms with van der Waals surface area (Å²) >= 11 is 0. The minimum Gasteiger partial charge on any atom is -0.478 e. The summed E-state index contributed by atoms with van der Waals surface area (Å²) in [6.07, 6.45) is 0.787. The summed E-state index contributed by atoms with van der Waals surface area (Å²) in [6, 6.07) is 1.68. The number of hydrogen-bond acceptors (Lipinski definition) is 3. The van der Waals surface area contributed by atoms with Gasteiger partial charge in [-0.25, -0.2) is 0 Å². The zero-order chi connectivity index (χ0) is 14.3. The highest BCUT2D eigenvalue weighted by Crippen LogP contribution is 2.32. The Kier molecular flexibility index (Phi) is 5.92. The number of pyridine rings is 1. The van der Waals surface area contributed by atoms with Crippen molar-refractivity contribution in [1.29, 1.82) is 0 Å². The molecule has 0 bridgehead atoms. The van der Waals surface area contributed by atoms with Gasteiger partial charge in [0.25, 0.3) is 0 Å². The van der Waals surface area contributed by atoms with Crippen molar-refractivity contribution in [2.24, 2.45) is 0 Å². The van der Waals surface area contributed by atoms with Gasteiger partial charge in [0.15, 0.2) is 0 Å². The summed E-state index contributed by atoms with van der Waals surface area (Å²) in [7, 11) is 0. The van der Waals surface area contributed by atoms with E-state index >= 15 is 0 Å². The van der Waals surface area contributed by atoms with E-state index in [0.717, 1.165) is 44.2 Å². The largest absolute Gasteiger partial charge is 0.478 e. The van der Waals surface area contributed by atoms with Gasteiger partial charge in [-0.05, 0) is 12.5 Å². The maximum absolute atomic E-state index is 12.5. The Labute approximate surface area is 111 Å². The molecule has 1 aromatic rings. The second-order valence-corrected chi connectivity index (χ2v) is 4.38. The molecule has 0 aliphatic carbocycles. The molecule has 2 N–H and O–H groups in total. The average molecular weight is 276 g/mol. The molecule has 0 spiro atoms. The number of nitrogens with two attached hydrogens (primary N) is 1. The number of anilines is 1. The maximum Gasteiger partial charge on any atom is 0.416 e. The van der Waals surface area contributed by atoms with Gasteiger partial charge in [-0.1, -0.05) is 32.6 Å². The van der Waals surface area contributed by atoms with Crippen LogP contribution in [0.25, 0.3) is 0 Å². The summed E-state index contributed by atoms with van der Waals surface area (Å²) in [5.74, 6) is -0.251. The molecule has 0 fully saturated rings. The molecule has 0 aromatic carbocycles. The smallest absolute Gasteiger partial charge is 0.416 e. The van der Waals surface area contributed by atoms with E-state index in [1.165, 1.54) is 0 Å². The van der Waals surface area contributed by atoms with Crippen LogP contribution in [0.15, 0.2) is 12.1 Å². The molecule has 0 radical (unpaired) electrons. The highest BCUT2D eigenvalue weighted by Gasteiger charge is 2.31. The van der Waals surface area contributed by atoms with Crippen molar-refractivity contribution >= 4 is 5.82 Å². The first-order valence-electron chi connectivity index (χ1n) is 6.41. The Balaban J connectivity index is 2.48. The lowest BCUT2D eigenvalue weighted by atomic mass is 10.2. The number of alkyl halides is 3. The number of nitrogen functional groups attached to an aromatic ring is 1. The van der Waals surface area contributed by atoms with Crippen LogP contribution in [0.2, 0.25) is 0 Å². The SMILES string of the molecule is CCCCCCCOc1cc(C(F)(F)F)cc(N)n1. The van der Waals surface area contributed by atoms with Crippen LogP contribution >= 0.6 is 0 Å². The van der Waals surface area contributed by atoms with Gasteiger partial charge in [0.2, 0.25) is 5.88 Å². The standard InChI is InChI=1S/C13H19F3N2O/c1-2-3-4-5-6-7-19-12-9-10(13(14,15)16)8-11(17)18-12/h8-9H,2-7H2,1H3,(H2,17,18). The lowest BCUT2D eigenvalue weighted by Crippen LogP contribution is -2.08. The fraction of sp³-hybridized carbons (Fsp3) is 0.615. The van der Waals surface area contributed by atoms with Crippen molar-refractivity contribution < 1.29 is 17.9 Å². The molecule has 0 saturated carbocycles. The predicted molar refractivity (Wildman–Crippen MR) is 67.9 cm³/mol. The van der Waals surface area contributed by atoms with E-state index in [0.29, 0.717) is 6.61 Å². The topological polar surface area (TPSA) is 48.1 Å². The van der Waals surface area contributed by atoms with Gasteiger partial charge >= 0.3 is 6.18 Å². The van der Waals surface area contributed by atoms with Gasteiger partial charge in [0, 0.05) is 6.07 Å². The van der Waals surface area contributed by atoms with Crippen LogP contribution in [-0.4, -0.2) is 11.6 Å². The van der Waals surface area contributed by atoms with Crippen LogP contribution in [0, 0.1) is 0 Å². The van der Waals surface area contributed by atoms with Crippen LogP contribution in [0.5, 0.6) is 5.88 Å². The number of aromatic nitrogens is 1. The molecule has 0 amide bonds. The molecule has 6 heteroatoms. The highest BCUT2D eigenvalue weighted by molar-refractivity contribution is 5.38. The van der Waals surface area contributed by atoms with E-state index in [9.17, 15) is 13.2 Å². The molecule has 0 saturated heterocycles. The molecule has 1 rings (SSSR count). The molecule has 0 aliphatic rings. The summed E-state index contributed by atoms with van der Waals surface area (Å²) in [6.45, 7) is 2.48. The number of unbranched alkanes of at least 4 members (excludes halogenated alkanes) is 4. The fourth-order valence-corrected chi connectivity index (χ4v) is 1.65. The fourth-order valence-electron chi connectivity index (χ4n) is 1.65. The van der Waals surface area contributed by atoms with E-state index in [1.54, 1.807) is 0 Å². The summed E-state index contributed by atoms with van der Waals surface area (Å²) < 4.78 is 42.8. The maximum atomic E-state index is 12.5. The Morgan fingerprint density at radius 3 is 2.47 bits per heavy atom. The second kappa shape index (κ2) is 7.21. The van der Waals surface area contributed by atoms with Crippen molar-refractivity contribution in [3.05, 3.63) is 17.7 Å². The first kappa shape index (κ1) is 15.6. The molecule has 0 unspecified atom stereocenters. The van der Waals surface area contributed by atoms with Gasteiger partial charge in [-0.2, -0.15) is 18.2 Å². The molecule has 1 aromatic heterocycles. The molecule has 0 aliphatic heterocycles. The number of ether oxygens (including phenoxy) is 1. The van der Waals surface area contributed by atoms with Crippen molar-refractivity contribution in [2.75, 3.05) is 12.3 Å². The Hall–Kier alpha value is -1.46. The Morgan fingerprint density at radius 2 is 1.84 bits per heavy atom. The number of nitrogens with zero attached hydrogens (tertiary/aromatic N) is 1. The first-order valence-corrected chi connectivity index (χ1v) is 6.41. The molecular formula is C13H19F3N2O. The van der Waals surface area contributed by atoms with Crippen molar-refractivity contribution in [3.8, 4) is 5.88 Å². The molecule has 1 heterocycles. The van der Waals surface area contributed by atoms with Crippen LogP contribution in [0.1, 0.15) is 44.6 Å². The van der Waals surface area contributed by atoms with Gasteiger partial charge in [-0.15, -0.1) is 0 Å². The summed E-state index contributed by atoms with van der Waals surface area (Å²) in [4.78, 5) is 3.74. The number of hydrogen-bond donors (Lipinski definition) is 1. The van der Waals surface area contributed by atoms with E-state index in [-0.39, 0.29) is 11.7 Å². The monoisotopic (exact) mass is 276 g/mol. The van der Waals surface area contributed by atoms with Gasteiger partial charge in [0.05, 0.1) is 12.2 Å². The highest BCUT2D eigenvalue weighted by atomic mass is 19.4. The quantitative estimate of drug-likeness (QED) is 0.765. The van der Waals surface area contributed by atoms with E-state index in [2.05, 4.69) is 11.9 Å². The van der Waals surface area contributed by atoms with Gasteiger partial charge in [-0.3, -0.25) is 0 Å². The Bertz CT molecular complexity index is 394.